The van der Waals surface area contributed by atoms with Gasteiger partial charge in [-0.05, 0) is 37.0 Å². The zero-order chi connectivity index (χ0) is 16.1. The van der Waals surface area contributed by atoms with E-state index in [1.54, 1.807) is 6.07 Å². The number of methoxy groups -OCH3 is 1. The second-order valence-corrected chi connectivity index (χ2v) is 6.02. The quantitative estimate of drug-likeness (QED) is 0.502. The molecule has 2 atom stereocenters. The summed E-state index contributed by atoms with van der Waals surface area (Å²) >= 11 is 5.34. The predicted molar refractivity (Wildman–Crippen MR) is 90.4 cm³/mol. The number of anilines is 1. The van der Waals surface area contributed by atoms with Gasteiger partial charge in [-0.25, -0.2) is 0 Å². The highest BCUT2D eigenvalue weighted by Gasteiger charge is 2.22. The van der Waals surface area contributed by atoms with Gasteiger partial charge in [0.1, 0.15) is 5.75 Å². The third kappa shape index (κ3) is 4.07. The van der Waals surface area contributed by atoms with E-state index in [4.69, 9.17) is 17.0 Å². The molecule has 0 bridgehead atoms. The van der Waals surface area contributed by atoms with Crippen LogP contribution in [-0.4, -0.2) is 23.2 Å². The summed E-state index contributed by atoms with van der Waals surface area (Å²) in [6.45, 7) is 2.22. The van der Waals surface area contributed by atoms with Crippen LogP contribution in [0.3, 0.4) is 0 Å². The number of rotatable bonds is 4. The van der Waals surface area contributed by atoms with Crippen LogP contribution in [0.25, 0.3) is 0 Å². The van der Waals surface area contributed by atoms with E-state index in [1.807, 2.05) is 0 Å². The van der Waals surface area contributed by atoms with Crippen LogP contribution in [-0.2, 0) is 0 Å². The Labute approximate surface area is 135 Å². The fourth-order valence-electron chi connectivity index (χ4n) is 2.76. The molecular weight excluding hydrogens is 302 g/mol. The van der Waals surface area contributed by atoms with E-state index < -0.39 is 4.92 Å². The van der Waals surface area contributed by atoms with Crippen molar-refractivity contribution in [2.75, 3.05) is 12.4 Å². The Morgan fingerprint density at radius 2 is 2.14 bits per heavy atom. The van der Waals surface area contributed by atoms with Crippen molar-refractivity contribution in [3.05, 3.63) is 28.3 Å². The summed E-state index contributed by atoms with van der Waals surface area (Å²) in [6.07, 6.45) is 4.75. The molecule has 1 aliphatic carbocycles. The molecule has 0 radical (unpaired) electrons. The van der Waals surface area contributed by atoms with Crippen molar-refractivity contribution in [2.24, 2.45) is 5.92 Å². The van der Waals surface area contributed by atoms with Crippen LogP contribution in [0.15, 0.2) is 18.2 Å². The van der Waals surface area contributed by atoms with Crippen LogP contribution in [0.5, 0.6) is 5.75 Å². The highest BCUT2D eigenvalue weighted by Crippen LogP contribution is 2.29. The van der Waals surface area contributed by atoms with E-state index in [9.17, 15) is 10.1 Å². The Morgan fingerprint density at radius 3 is 2.77 bits per heavy atom. The van der Waals surface area contributed by atoms with Crippen LogP contribution in [0.1, 0.15) is 32.6 Å². The van der Waals surface area contributed by atoms with Crippen molar-refractivity contribution in [1.82, 2.24) is 5.32 Å². The maximum atomic E-state index is 10.9. The average Bonchev–Trinajstić information content (AvgIpc) is 2.49. The highest BCUT2D eigenvalue weighted by atomic mass is 32.1. The van der Waals surface area contributed by atoms with Gasteiger partial charge in [-0.1, -0.05) is 19.8 Å². The lowest BCUT2D eigenvalue weighted by atomic mass is 9.86. The smallest absolute Gasteiger partial charge is 0.271 e. The average molecular weight is 323 g/mol. The van der Waals surface area contributed by atoms with Crippen molar-refractivity contribution in [1.29, 1.82) is 0 Å². The number of nitrogens with one attached hydrogen (secondary N) is 2. The standard InChI is InChI=1S/C15H21N3O3S/c1-10-5-3-4-6-12(10)16-15(22)17-13-9-11(18(19)20)7-8-14(13)21-2/h7-10,12H,3-6H2,1-2H3,(H2,16,17,22)/t10-,12-/m1/s1. The minimum atomic E-state index is -0.440. The van der Waals surface area contributed by atoms with Crippen LogP contribution in [0.2, 0.25) is 0 Å². The Morgan fingerprint density at radius 1 is 1.41 bits per heavy atom. The first-order valence-electron chi connectivity index (χ1n) is 7.41. The first kappa shape index (κ1) is 16.5. The zero-order valence-electron chi connectivity index (χ0n) is 12.8. The first-order valence-corrected chi connectivity index (χ1v) is 7.82. The molecule has 7 heteroatoms. The van der Waals surface area contributed by atoms with Crippen LogP contribution >= 0.6 is 12.2 Å². The maximum Gasteiger partial charge on any atom is 0.271 e. The van der Waals surface area contributed by atoms with Gasteiger partial charge < -0.3 is 15.4 Å². The number of nitro benzene ring substituents is 1. The van der Waals surface area contributed by atoms with Gasteiger partial charge >= 0.3 is 0 Å². The molecule has 0 saturated heterocycles. The van der Waals surface area contributed by atoms with E-state index in [2.05, 4.69) is 17.6 Å². The van der Waals surface area contributed by atoms with Gasteiger partial charge in [0, 0.05) is 18.2 Å². The molecule has 0 unspecified atom stereocenters. The Kier molecular flexibility index (Phi) is 5.54. The van der Waals surface area contributed by atoms with E-state index >= 15 is 0 Å². The fourth-order valence-corrected chi connectivity index (χ4v) is 3.03. The number of nitrogens with zero attached hydrogens (tertiary/aromatic N) is 1. The molecule has 22 heavy (non-hydrogen) atoms. The number of thiocarbonyl (C=S) groups is 1. The lowest BCUT2D eigenvalue weighted by Gasteiger charge is -2.30. The minimum absolute atomic E-state index is 0.00265. The molecule has 1 saturated carbocycles. The molecule has 120 valence electrons. The van der Waals surface area contributed by atoms with Crippen LogP contribution in [0, 0.1) is 16.0 Å². The molecule has 2 N–H and O–H groups in total. The fraction of sp³-hybridized carbons (Fsp3) is 0.533. The van der Waals surface area contributed by atoms with Crippen LogP contribution in [0.4, 0.5) is 11.4 Å². The minimum Gasteiger partial charge on any atom is -0.495 e. The molecule has 1 aliphatic rings. The van der Waals surface area contributed by atoms with E-state index in [0.717, 1.165) is 6.42 Å². The summed E-state index contributed by atoms with van der Waals surface area (Å²) in [5.41, 5.74) is 0.495. The molecule has 1 aromatic rings. The number of hydrogen-bond acceptors (Lipinski definition) is 4. The second kappa shape index (κ2) is 7.40. The summed E-state index contributed by atoms with van der Waals surface area (Å²) in [5.74, 6) is 1.09. The van der Waals surface area contributed by atoms with Gasteiger partial charge in [0.2, 0.25) is 0 Å². The number of ether oxygens (including phenoxy) is 1. The summed E-state index contributed by atoms with van der Waals surface area (Å²) in [4.78, 5) is 10.4. The molecule has 1 aromatic carbocycles. The Bertz CT molecular complexity index is 565. The Hall–Kier alpha value is -1.89. The van der Waals surface area contributed by atoms with E-state index in [-0.39, 0.29) is 5.69 Å². The number of non-ortho nitro benzene ring substituents is 1. The molecule has 2 rings (SSSR count). The maximum absolute atomic E-state index is 10.9. The zero-order valence-corrected chi connectivity index (χ0v) is 13.6. The van der Waals surface area contributed by atoms with Gasteiger partial charge in [-0.2, -0.15) is 0 Å². The second-order valence-electron chi connectivity index (χ2n) is 5.61. The monoisotopic (exact) mass is 323 g/mol. The summed E-state index contributed by atoms with van der Waals surface area (Å²) < 4.78 is 5.22. The number of hydrogen-bond donors (Lipinski definition) is 2. The number of benzene rings is 1. The normalized spacial score (nSPS) is 21.0. The third-order valence-electron chi connectivity index (χ3n) is 4.07. The van der Waals surface area contributed by atoms with Gasteiger partial charge in [-0.15, -0.1) is 0 Å². The first-order chi connectivity index (χ1) is 10.5. The summed E-state index contributed by atoms with van der Waals surface area (Å²) in [5, 5.41) is 17.7. The molecular formula is C15H21N3O3S. The summed E-state index contributed by atoms with van der Waals surface area (Å²) in [6, 6.07) is 4.74. The molecule has 1 fully saturated rings. The lowest BCUT2D eigenvalue weighted by Crippen LogP contribution is -2.43. The van der Waals surface area contributed by atoms with Gasteiger partial charge in [-0.3, -0.25) is 10.1 Å². The van der Waals surface area contributed by atoms with Gasteiger partial charge in [0.05, 0.1) is 17.7 Å². The topological polar surface area (TPSA) is 76.4 Å². The third-order valence-corrected chi connectivity index (χ3v) is 4.29. The largest absolute Gasteiger partial charge is 0.495 e. The van der Waals surface area contributed by atoms with Gasteiger partial charge in [0.25, 0.3) is 5.69 Å². The molecule has 6 nitrogen and oxygen atoms in total. The van der Waals surface area contributed by atoms with Crippen molar-refractivity contribution in [2.45, 2.75) is 38.6 Å². The van der Waals surface area contributed by atoms with Crippen molar-refractivity contribution in [3.63, 3.8) is 0 Å². The molecule has 0 aromatic heterocycles. The van der Waals surface area contributed by atoms with Crippen molar-refractivity contribution in [3.8, 4) is 5.75 Å². The highest BCUT2D eigenvalue weighted by molar-refractivity contribution is 7.80. The molecule has 0 heterocycles. The predicted octanol–water partition coefficient (Wildman–Crippen LogP) is 3.47. The van der Waals surface area contributed by atoms with Gasteiger partial charge in [0.15, 0.2) is 5.11 Å². The molecule has 0 aliphatic heterocycles. The van der Waals surface area contributed by atoms with E-state index in [1.165, 1.54) is 38.5 Å². The van der Waals surface area contributed by atoms with Crippen molar-refractivity contribution < 1.29 is 9.66 Å². The lowest BCUT2D eigenvalue weighted by molar-refractivity contribution is -0.384. The SMILES string of the molecule is COc1ccc([N+](=O)[O-])cc1NC(=S)N[C@@H]1CCCC[C@H]1C. The molecule has 0 amide bonds. The van der Waals surface area contributed by atoms with Crippen LogP contribution < -0.4 is 15.4 Å². The summed E-state index contributed by atoms with van der Waals surface area (Å²) in [7, 11) is 1.52. The van der Waals surface area contributed by atoms with Crippen molar-refractivity contribution >= 4 is 28.7 Å². The Balaban J connectivity index is 2.06. The number of nitro groups is 1. The van der Waals surface area contributed by atoms with E-state index in [0.29, 0.717) is 28.5 Å². The molecule has 0 spiro atoms.